The molecule has 2 N–H and O–H groups in total. The van der Waals surface area contributed by atoms with Crippen molar-refractivity contribution < 1.29 is 4.74 Å². The van der Waals surface area contributed by atoms with Crippen LogP contribution in [0.4, 0.5) is 5.69 Å². The number of hydrogen-bond donors (Lipinski definition) is 1. The van der Waals surface area contributed by atoms with Gasteiger partial charge in [-0.1, -0.05) is 31.4 Å². The summed E-state index contributed by atoms with van der Waals surface area (Å²) in [7, 11) is 0. The summed E-state index contributed by atoms with van der Waals surface area (Å²) in [6.45, 7) is 2.82. The minimum atomic E-state index is -0.157. The van der Waals surface area contributed by atoms with Gasteiger partial charge < -0.3 is 10.5 Å². The lowest BCUT2D eigenvalue weighted by Gasteiger charge is -2.35. The molecule has 2 aromatic rings. The minimum absolute atomic E-state index is 0.157. The van der Waals surface area contributed by atoms with Crippen molar-refractivity contribution in [2.24, 2.45) is 0 Å². The van der Waals surface area contributed by atoms with E-state index in [1.54, 1.807) is 11.3 Å². The molecule has 3 nitrogen and oxygen atoms in total. The molecule has 0 saturated heterocycles. The molecule has 112 valence electrons. The molecule has 0 unspecified atom stereocenters. The molecule has 21 heavy (non-hydrogen) atoms. The predicted molar refractivity (Wildman–Crippen MR) is 88.4 cm³/mol. The lowest BCUT2D eigenvalue weighted by molar-refractivity contribution is -0.0703. The third kappa shape index (κ3) is 2.97. The summed E-state index contributed by atoms with van der Waals surface area (Å²) in [6, 6.07) is 7.92. The zero-order valence-corrected chi connectivity index (χ0v) is 13.3. The molecule has 0 bridgehead atoms. The van der Waals surface area contributed by atoms with E-state index < -0.39 is 0 Å². The smallest absolute Gasteiger partial charge is 0.125 e. The Bertz CT molecular complexity index is 597. The Labute approximate surface area is 130 Å². The molecule has 1 aliphatic rings. The Morgan fingerprint density at radius 3 is 2.81 bits per heavy atom. The summed E-state index contributed by atoms with van der Waals surface area (Å²) in [5.41, 5.74) is 8.58. The van der Waals surface area contributed by atoms with Gasteiger partial charge in [0.25, 0.3) is 0 Å². The molecule has 1 aromatic carbocycles. The molecule has 1 aromatic heterocycles. The first kappa shape index (κ1) is 14.5. The van der Waals surface area contributed by atoms with E-state index in [0.29, 0.717) is 0 Å². The Morgan fingerprint density at radius 1 is 1.29 bits per heavy atom. The van der Waals surface area contributed by atoms with E-state index in [4.69, 9.17) is 15.5 Å². The number of hydrogen-bond acceptors (Lipinski definition) is 4. The van der Waals surface area contributed by atoms with E-state index in [2.05, 4.69) is 18.4 Å². The summed E-state index contributed by atoms with van der Waals surface area (Å²) in [6.07, 6.45) is 5.94. The zero-order chi connectivity index (χ0) is 14.7. The SMILES string of the molecule is CCOC1(c2nc(-c3cccc(N)c3)cs2)CCCCC1. The molecular formula is C17H22N2OS. The van der Waals surface area contributed by atoms with E-state index in [9.17, 15) is 0 Å². The van der Waals surface area contributed by atoms with Crippen LogP contribution in [0.1, 0.15) is 44.0 Å². The molecule has 0 aliphatic heterocycles. The van der Waals surface area contributed by atoms with Gasteiger partial charge in [-0.2, -0.15) is 0 Å². The highest BCUT2D eigenvalue weighted by Gasteiger charge is 2.37. The number of rotatable bonds is 4. The minimum Gasteiger partial charge on any atom is -0.399 e. The van der Waals surface area contributed by atoms with Crippen molar-refractivity contribution in [1.82, 2.24) is 4.98 Å². The molecule has 0 radical (unpaired) electrons. The fourth-order valence-corrected chi connectivity index (χ4v) is 4.17. The maximum absolute atomic E-state index is 6.15. The Kier molecular flexibility index (Phi) is 4.27. The molecule has 0 amide bonds. The van der Waals surface area contributed by atoms with Crippen LogP contribution in [0.2, 0.25) is 0 Å². The Balaban J connectivity index is 1.92. The topological polar surface area (TPSA) is 48.1 Å². The van der Waals surface area contributed by atoms with Gasteiger partial charge in [0, 0.05) is 23.2 Å². The summed E-state index contributed by atoms with van der Waals surface area (Å²) >= 11 is 1.72. The highest BCUT2D eigenvalue weighted by Crippen LogP contribution is 2.42. The van der Waals surface area contributed by atoms with Gasteiger partial charge >= 0.3 is 0 Å². The van der Waals surface area contributed by atoms with Gasteiger partial charge in [-0.15, -0.1) is 11.3 Å². The third-order valence-electron chi connectivity index (χ3n) is 4.16. The lowest BCUT2D eigenvalue weighted by atomic mass is 9.85. The van der Waals surface area contributed by atoms with Crippen LogP contribution < -0.4 is 5.73 Å². The second kappa shape index (κ2) is 6.16. The van der Waals surface area contributed by atoms with E-state index >= 15 is 0 Å². The fourth-order valence-electron chi connectivity index (χ4n) is 3.13. The zero-order valence-electron chi connectivity index (χ0n) is 12.5. The number of ether oxygens (including phenoxy) is 1. The van der Waals surface area contributed by atoms with Crippen LogP contribution in [-0.2, 0) is 10.3 Å². The average Bonchev–Trinajstić information content (AvgIpc) is 2.99. The van der Waals surface area contributed by atoms with Crippen molar-refractivity contribution in [3.63, 3.8) is 0 Å². The van der Waals surface area contributed by atoms with Crippen LogP contribution >= 0.6 is 11.3 Å². The summed E-state index contributed by atoms with van der Waals surface area (Å²) in [5, 5.41) is 3.25. The van der Waals surface area contributed by atoms with Crippen LogP contribution in [0, 0.1) is 0 Å². The van der Waals surface area contributed by atoms with Crippen LogP contribution in [0.5, 0.6) is 0 Å². The van der Waals surface area contributed by atoms with Crippen LogP contribution in [0.15, 0.2) is 29.6 Å². The van der Waals surface area contributed by atoms with Crippen molar-refractivity contribution in [2.45, 2.75) is 44.6 Å². The summed E-state index contributed by atoms with van der Waals surface area (Å²) in [5.74, 6) is 0. The quantitative estimate of drug-likeness (QED) is 0.840. The molecule has 0 spiro atoms. The molecule has 1 heterocycles. The standard InChI is InChI=1S/C17H22N2OS/c1-2-20-17(9-4-3-5-10-17)16-19-15(12-21-16)13-7-6-8-14(18)11-13/h6-8,11-12H,2-5,9-10,18H2,1H3. The van der Waals surface area contributed by atoms with Crippen molar-refractivity contribution in [3.8, 4) is 11.3 Å². The van der Waals surface area contributed by atoms with Crippen molar-refractivity contribution in [3.05, 3.63) is 34.7 Å². The van der Waals surface area contributed by atoms with Crippen molar-refractivity contribution >= 4 is 17.0 Å². The van der Waals surface area contributed by atoms with Gasteiger partial charge in [-0.05, 0) is 31.9 Å². The van der Waals surface area contributed by atoms with Gasteiger partial charge in [0.05, 0.1) is 5.69 Å². The van der Waals surface area contributed by atoms with Gasteiger partial charge in [0.1, 0.15) is 10.6 Å². The fraction of sp³-hybridized carbons (Fsp3) is 0.471. The maximum atomic E-state index is 6.15. The first-order valence-corrected chi connectivity index (χ1v) is 8.57. The largest absolute Gasteiger partial charge is 0.399 e. The number of nitrogen functional groups attached to an aromatic ring is 1. The second-order valence-electron chi connectivity index (χ2n) is 5.65. The second-order valence-corrected chi connectivity index (χ2v) is 6.51. The third-order valence-corrected chi connectivity index (χ3v) is 5.19. The average molecular weight is 302 g/mol. The molecule has 1 aliphatic carbocycles. The summed E-state index contributed by atoms with van der Waals surface area (Å²) in [4.78, 5) is 4.87. The van der Waals surface area contributed by atoms with Gasteiger partial charge in [0.15, 0.2) is 0 Å². The molecule has 3 rings (SSSR count). The first-order chi connectivity index (χ1) is 10.2. The maximum Gasteiger partial charge on any atom is 0.125 e. The normalized spacial score (nSPS) is 17.8. The van der Waals surface area contributed by atoms with Gasteiger partial charge in [0.2, 0.25) is 0 Å². The van der Waals surface area contributed by atoms with E-state index in [1.807, 2.05) is 18.2 Å². The highest BCUT2D eigenvalue weighted by atomic mass is 32.1. The highest BCUT2D eigenvalue weighted by molar-refractivity contribution is 7.10. The Hall–Kier alpha value is -1.39. The summed E-state index contributed by atoms with van der Waals surface area (Å²) < 4.78 is 6.15. The van der Waals surface area contributed by atoms with Crippen LogP contribution in [0.25, 0.3) is 11.3 Å². The lowest BCUT2D eigenvalue weighted by Crippen LogP contribution is -2.32. The first-order valence-electron chi connectivity index (χ1n) is 7.69. The number of thiazole rings is 1. The monoisotopic (exact) mass is 302 g/mol. The van der Waals surface area contributed by atoms with E-state index in [1.165, 1.54) is 19.3 Å². The van der Waals surface area contributed by atoms with Crippen molar-refractivity contribution in [1.29, 1.82) is 0 Å². The number of benzene rings is 1. The van der Waals surface area contributed by atoms with Gasteiger partial charge in [-0.3, -0.25) is 0 Å². The van der Waals surface area contributed by atoms with Gasteiger partial charge in [-0.25, -0.2) is 4.98 Å². The van der Waals surface area contributed by atoms with Crippen LogP contribution in [0.3, 0.4) is 0 Å². The molecule has 1 fully saturated rings. The number of nitrogens with zero attached hydrogens (tertiary/aromatic N) is 1. The Morgan fingerprint density at radius 2 is 2.10 bits per heavy atom. The predicted octanol–water partition coefficient (Wildman–Crippen LogP) is 4.59. The van der Waals surface area contributed by atoms with E-state index in [0.717, 1.165) is 41.4 Å². The van der Waals surface area contributed by atoms with Crippen LogP contribution in [-0.4, -0.2) is 11.6 Å². The molecule has 1 saturated carbocycles. The molecule has 4 heteroatoms. The number of aromatic nitrogens is 1. The van der Waals surface area contributed by atoms with E-state index in [-0.39, 0.29) is 5.60 Å². The number of anilines is 1. The molecular weight excluding hydrogens is 280 g/mol. The molecule has 0 atom stereocenters. The number of nitrogens with two attached hydrogens (primary N) is 1. The van der Waals surface area contributed by atoms with Crippen molar-refractivity contribution in [2.75, 3.05) is 12.3 Å².